The van der Waals surface area contributed by atoms with Crippen molar-refractivity contribution in [3.8, 4) is 56.4 Å². The molecule has 0 aliphatic carbocycles. The molecule has 0 saturated carbocycles. The van der Waals surface area contributed by atoms with Gasteiger partial charge in [-0.25, -0.2) is 19.9 Å². The smallest absolute Gasteiger partial charge is 0.160 e. The van der Waals surface area contributed by atoms with E-state index in [1.807, 2.05) is 78.9 Å². The average molecular weight is 563 g/mol. The zero-order valence-corrected chi connectivity index (χ0v) is 23.8. The van der Waals surface area contributed by atoms with E-state index in [0.717, 1.165) is 72.4 Å². The molecule has 8 rings (SSSR count). The Bertz CT molecular complexity index is 2210. The highest BCUT2D eigenvalue weighted by molar-refractivity contribution is 5.90. The molecule has 0 amide bonds. The highest BCUT2D eigenvalue weighted by Gasteiger charge is 2.12. The monoisotopic (exact) mass is 562 g/mol. The van der Waals surface area contributed by atoms with Crippen molar-refractivity contribution in [1.29, 1.82) is 0 Å². The van der Waals surface area contributed by atoms with Crippen molar-refractivity contribution < 1.29 is 0 Å². The fraction of sp³-hybridized carbons (Fsp3) is 0. The maximum atomic E-state index is 5.04. The number of hydrogen-bond acceptors (Lipinski definition) is 4. The lowest BCUT2D eigenvalue weighted by Gasteiger charge is -2.10. The molecule has 44 heavy (non-hydrogen) atoms. The first-order chi connectivity index (χ1) is 21.8. The Balaban J connectivity index is 1.15. The first-order valence-electron chi connectivity index (χ1n) is 14.6. The van der Waals surface area contributed by atoms with Crippen LogP contribution in [0.15, 0.2) is 158 Å². The summed E-state index contributed by atoms with van der Waals surface area (Å²) in [5.41, 5.74) is 10.8. The van der Waals surface area contributed by atoms with Crippen LogP contribution in [0.5, 0.6) is 0 Å². The third kappa shape index (κ3) is 4.99. The summed E-state index contributed by atoms with van der Waals surface area (Å²) in [5.74, 6) is 0.681. The molecule has 4 nitrogen and oxygen atoms in total. The van der Waals surface area contributed by atoms with Gasteiger partial charge in [-0.2, -0.15) is 0 Å². The highest BCUT2D eigenvalue weighted by Crippen LogP contribution is 2.31. The normalized spacial score (nSPS) is 11.2. The minimum atomic E-state index is 0.681. The van der Waals surface area contributed by atoms with Gasteiger partial charge < -0.3 is 0 Å². The van der Waals surface area contributed by atoms with E-state index in [2.05, 4.69) is 78.9 Å². The highest BCUT2D eigenvalue weighted by atomic mass is 14.9. The number of rotatable bonds is 5. The van der Waals surface area contributed by atoms with Crippen molar-refractivity contribution in [2.24, 2.45) is 0 Å². The molecule has 3 heterocycles. The van der Waals surface area contributed by atoms with Crippen LogP contribution >= 0.6 is 0 Å². The molecule has 0 aliphatic heterocycles. The summed E-state index contributed by atoms with van der Waals surface area (Å²) in [4.78, 5) is 19.8. The second kappa shape index (κ2) is 11.0. The maximum absolute atomic E-state index is 5.04. The Morgan fingerprint density at radius 1 is 0.273 bits per heavy atom. The van der Waals surface area contributed by atoms with Crippen LogP contribution in [0.3, 0.4) is 0 Å². The van der Waals surface area contributed by atoms with Crippen molar-refractivity contribution >= 4 is 21.8 Å². The van der Waals surface area contributed by atoms with Crippen LogP contribution in [-0.4, -0.2) is 19.9 Å². The standard InChI is InChI=1S/C40H26N4/c1-4-10-27(11-5-1)34-22-18-32-24-30(16-20-35(32)41-34)31-17-21-36-33(25-31)19-23-37(42-36)39-26-38(28-12-6-2-7-13-28)43-40(44-39)29-14-8-3-9-15-29/h1-26H. The molecule has 0 unspecified atom stereocenters. The van der Waals surface area contributed by atoms with Crippen LogP contribution in [0.2, 0.25) is 0 Å². The number of nitrogens with zero attached hydrogens (tertiary/aromatic N) is 4. The maximum Gasteiger partial charge on any atom is 0.160 e. The molecule has 0 radical (unpaired) electrons. The van der Waals surface area contributed by atoms with Crippen LogP contribution in [0.25, 0.3) is 78.2 Å². The van der Waals surface area contributed by atoms with Crippen LogP contribution in [0.4, 0.5) is 0 Å². The van der Waals surface area contributed by atoms with E-state index >= 15 is 0 Å². The largest absolute Gasteiger partial charge is 0.248 e. The van der Waals surface area contributed by atoms with Gasteiger partial charge in [0.2, 0.25) is 0 Å². The van der Waals surface area contributed by atoms with E-state index in [-0.39, 0.29) is 0 Å². The Labute approximate surface area is 255 Å². The minimum absolute atomic E-state index is 0.681. The van der Waals surface area contributed by atoms with Gasteiger partial charge in [0.15, 0.2) is 5.82 Å². The summed E-state index contributed by atoms with van der Waals surface area (Å²) in [6, 6.07) is 53.9. The SMILES string of the molecule is c1ccc(-c2cc(-c3ccc4cc(-c5ccc6nc(-c7ccccc7)ccc6c5)ccc4n3)nc(-c3ccccc3)n2)cc1. The molecule has 5 aromatic carbocycles. The van der Waals surface area contributed by atoms with Crippen molar-refractivity contribution in [2.75, 3.05) is 0 Å². The Kier molecular flexibility index (Phi) is 6.43. The van der Waals surface area contributed by atoms with E-state index in [1.54, 1.807) is 0 Å². The van der Waals surface area contributed by atoms with Gasteiger partial charge in [-0.1, -0.05) is 115 Å². The van der Waals surface area contributed by atoms with Crippen LogP contribution < -0.4 is 0 Å². The van der Waals surface area contributed by atoms with E-state index in [4.69, 9.17) is 19.9 Å². The fourth-order valence-electron chi connectivity index (χ4n) is 5.57. The van der Waals surface area contributed by atoms with Crippen LogP contribution in [0.1, 0.15) is 0 Å². The zero-order valence-electron chi connectivity index (χ0n) is 23.8. The lowest BCUT2D eigenvalue weighted by atomic mass is 10.0. The van der Waals surface area contributed by atoms with E-state index in [0.29, 0.717) is 5.82 Å². The zero-order chi connectivity index (χ0) is 29.3. The molecular weight excluding hydrogens is 536 g/mol. The van der Waals surface area contributed by atoms with Gasteiger partial charge in [-0.3, -0.25) is 0 Å². The van der Waals surface area contributed by atoms with E-state index in [1.165, 1.54) is 0 Å². The molecular formula is C40H26N4. The molecule has 0 aliphatic rings. The van der Waals surface area contributed by atoms with Gasteiger partial charge >= 0.3 is 0 Å². The molecule has 0 spiro atoms. The Morgan fingerprint density at radius 3 is 1.34 bits per heavy atom. The summed E-state index contributed by atoms with van der Waals surface area (Å²) in [7, 11) is 0. The third-order valence-corrected chi connectivity index (χ3v) is 7.87. The predicted molar refractivity (Wildman–Crippen MR) is 180 cm³/mol. The molecule has 4 heteroatoms. The lowest BCUT2D eigenvalue weighted by molar-refractivity contribution is 1.17. The fourth-order valence-corrected chi connectivity index (χ4v) is 5.57. The van der Waals surface area contributed by atoms with Gasteiger partial charge in [0.1, 0.15) is 0 Å². The Morgan fingerprint density at radius 2 is 0.750 bits per heavy atom. The predicted octanol–water partition coefficient (Wildman–Crippen LogP) is 9.91. The number of fused-ring (bicyclic) bond motifs is 2. The molecule has 0 bridgehead atoms. The topological polar surface area (TPSA) is 51.6 Å². The number of aromatic nitrogens is 4. The van der Waals surface area contributed by atoms with Gasteiger partial charge in [0.25, 0.3) is 0 Å². The van der Waals surface area contributed by atoms with Crippen molar-refractivity contribution in [3.63, 3.8) is 0 Å². The second-order valence-corrected chi connectivity index (χ2v) is 10.8. The van der Waals surface area contributed by atoms with Crippen LogP contribution in [-0.2, 0) is 0 Å². The van der Waals surface area contributed by atoms with E-state index in [9.17, 15) is 0 Å². The van der Waals surface area contributed by atoms with Crippen molar-refractivity contribution in [2.45, 2.75) is 0 Å². The van der Waals surface area contributed by atoms with Crippen molar-refractivity contribution in [3.05, 3.63) is 158 Å². The molecule has 8 aromatic rings. The number of hydrogen-bond donors (Lipinski definition) is 0. The van der Waals surface area contributed by atoms with Gasteiger partial charge in [-0.15, -0.1) is 0 Å². The van der Waals surface area contributed by atoms with Crippen LogP contribution in [0, 0.1) is 0 Å². The first-order valence-corrected chi connectivity index (χ1v) is 14.6. The molecule has 206 valence electrons. The summed E-state index contributed by atoms with van der Waals surface area (Å²) < 4.78 is 0. The summed E-state index contributed by atoms with van der Waals surface area (Å²) in [5, 5.41) is 2.19. The lowest BCUT2D eigenvalue weighted by Crippen LogP contribution is -1.97. The Hall–Kier alpha value is -6.00. The summed E-state index contributed by atoms with van der Waals surface area (Å²) >= 11 is 0. The van der Waals surface area contributed by atoms with Crippen molar-refractivity contribution in [1.82, 2.24) is 19.9 Å². The number of pyridine rings is 2. The minimum Gasteiger partial charge on any atom is -0.248 e. The number of benzene rings is 5. The van der Waals surface area contributed by atoms with Gasteiger partial charge in [0, 0.05) is 27.5 Å². The average Bonchev–Trinajstić information content (AvgIpc) is 3.11. The second-order valence-electron chi connectivity index (χ2n) is 10.8. The first kappa shape index (κ1) is 25.7. The van der Waals surface area contributed by atoms with E-state index < -0.39 is 0 Å². The van der Waals surface area contributed by atoms with Gasteiger partial charge in [0.05, 0.1) is 33.8 Å². The molecule has 0 N–H and O–H groups in total. The summed E-state index contributed by atoms with van der Waals surface area (Å²) in [6.07, 6.45) is 0. The molecule has 0 saturated heterocycles. The molecule has 3 aromatic heterocycles. The van der Waals surface area contributed by atoms with Gasteiger partial charge in [-0.05, 0) is 53.6 Å². The summed E-state index contributed by atoms with van der Waals surface area (Å²) in [6.45, 7) is 0. The third-order valence-electron chi connectivity index (χ3n) is 7.87. The molecule has 0 fully saturated rings. The molecule has 0 atom stereocenters. The quantitative estimate of drug-likeness (QED) is 0.209.